The van der Waals surface area contributed by atoms with Gasteiger partial charge in [0.15, 0.2) is 6.10 Å². The fourth-order valence-electron chi connectivity index (χ4n) is 1.87. The fraction of sp³-hybridized carbons (Fsp3) is 0.412. The minimum absolute atomic E-state index is 0.224. The molecule has 1 atom stereocenters. The smallest absolute Gasteiger partial charge is 0.330 e. The number of methoxy groups -OCH3 is 1. The van der Waals surface area contributed by atoms with Crippen molar-refractivity contribution in [2.75, 3.05) is 7.11 Å². The van der Waals surface area contributed by atoms with E-state index in [2.05, 4.69) is 10.1 Å². The zero-order chi connectivity index (χ0) is 19.2. The molecule has 0 fully saturated rings. The van der Waals surface area contributed by atoms with Crippen LogP contribution in [-0.4, -0.2) is 30.6 Å². The van der Waals surface area contributed by atoms with Gasteiger partial charge >= 0.3 is 5.97 Å². The highest BCUT2D eigenvalue weighted by molar-refractivity contribution is 6.48. The molecule has 138 valence electrons. The molecule has 1 unspecified atom stereocenters. The lowest BCUT2D eigenvalue weighted by molar-refractivity contribution is -0.135. The number of halogens is 3. The van der Waals surface area contributed by atoms with Crippen molar-refractivity contribution < 1.29 is 19.1 Å². The quantitative estimate of drug-likeness (QED) is 0.412. The molecule has 25 heavy (non-hydrogen) atoms. The second kappa shape index (κ2) is 9.32. The largest absolute Gasteiger partial charge is 0.481 e. The van der Waals surface area contributed by atoms with Gasteiger partial charge < -0.3 is 14.8 Å². The zero-order valence-electron chi connectivity index (χ0n) is 14.4. The van der Waals surface area contributed by atoms with Gasteiger partial charge in [-0.05, 0) is 20.3 Å². The maximum Gasteiger partial charge on any atom is 0.330 e. The third-order valence-corrected chi connectivity index (χ3v) is 4.38. The van der Waals surface area contributed by atoms with Crippen LogP contribution in [0.5, 0.6) is 5.75 Å². The first kappa shape index (κ1) is 21.6. The van der Waals surface area contributed by atoms with E-state index in [-0.39, 0.29) is 21.0 Å². The molecule has 0 bridgehead atoms. The van der Waals surface area contributed by atoms with E-state index >= 15 is 0 Å². The zero-order valence-corrected chi connectivity index (χ0v) is 16.6. The summed E-state index contributed by atoms with van der Waals surface area (Å²) in [6.07, 6.45) is 2.44. The van der Waals surface area contributed by atoms with E-state index in [4.69, 9.17) is 39.5 Å². The molecular formula is C17H20Cl3NO4. The van der Waals surface area contributed by atoms with Gasteiger partial charge in [-0.3, -0.25) is 4.79 Å². The molecule has 1 aromatic carbocycles. The summed E-state index contributed by atoms with van der Waals surface area (Å²) in [5.74, 6) is -0.510. The number of rotatable bonds is 7. The maximum atomic E-state index is 12.5. The number of nitrogens with one attached hydrogen (secondary N) is 1. The lowest BCUT2D eigenvalue weighted by Gasteiger charge is -2.26. The Kier molecular flexibility index (Phi) is 8.06. The molecule has 0 aliphatic heterocycles. The Hall–Kier alpha value is -1.43. The molecule has 0 aliphatic carbocycles. The second-order valence-corrected chi connectivity index (χ2v) is 6.98. The number of carbonyl (C=O) groups is 2. The highest BCUT2D eigenvalue weighted by atomic mass is 35.5. The Labute approximate surface area is 162 Å². The highest BCUT2D eigenvalue weighted by Crippen LogP contribution is 2.34. The summed E-state index contributed by atoms with van der Waals surface area (Å²) in [6.45, 7) is 5.29. The van der Waals surface area contributed by atoms with Gasteiger partial charge in [-0.25, -0.2) is 4.79 Å². The molecule has 1 N–H and O–H groups in total. The Morgan fingerprint density at radius 2 is 1.80 bits per heavy atom. The molecule has 0 spiro atoms. The van der Waals surface area contributed by atoms with Crippen molar-refractivity contribution in [3.8, 4) is 5.75 Å². The van der Waals surface area contributed by atoms with Crippen LogP contribution in [0.15, 0.2) is 24.3 Å². The maximum absolute atomic E-state index is 12.5. The van der Waals surface area contributed by atoms with E-state index < -0.39 is 17.6 Å². The summed E-state index contributed by atoms with van der Waals surface area (Å²) >= 11 is 17.8. The monoisotopic (exact) mass is 407 g/mol. The van der Waals surface area contributed by atoms with Crippen LogP contribution in [-0.2, 0) is 14.3 Å². The van der Waals surface area contributed by atoms with Gasteiger partial charge in [-0.15, -0.1) is 0 Å². The van der Waals surface area contributed by atoms with Crippen molar-refractivity contribution in [3.05, 3.63) is 39.4 Å². The van der Waals surface area contributed by atoms with Crippen LogP contribution in [0.2, 0.25) is 15.1 Å². The number of hydrogen-bond donors (Lipinski definition) is 1. The van der Waals surface area contributed by atoms with Gasteiger partial charge in [-0.1, -0.05) is 47.8 Å². The van der Waals surface area contributed by atoms with E-state index in [1.165, 1.54) is 25.3 Å². The number of hydrogen-bond acceptors (Lipinski definition) is 4. The first-order valence-electron chi connectivity index (χ1n) is 7.50. The summed E-state index contributed by atoms with van der Waals surface area (Å²) in [6, 6.07) is 2.99. The van der Waals surface area contributed by atoms with Crippen molar-refractivity contribution in [2.45, 2.75) is 38.8 Å². The number of carbonyl (C=O) groups excluding carboxylic acids is 2. The van der Waals surface area contributed by atoms with Crippen LogP contribution in [0.25, 0.3) is 0 Å². The lowest BCUT2D eigenvalue weighted by atomic mass is 10.0. The van der Waals surface area contributed by atoms with Crippen molar-refractivity contribution in [1.82, 2.24) is 5.32 Å². The third kappa shape index (κ3) is 6.77. The summed E-state index contributed by atoms with van der Waals surface area (Å²) in [4.78, 5) is 23.7. The molecule has 0 heterocycles. The number of amides is 1. The van der Waals surface area contributed by atoms with E-state index in [1.807, 2.05) is 0 Å². The molecule has 1 aromatic rings. The van der Waals surface area contributed by atoms with E-state index in [0.717, 1.165) is 0 Å². The van der Waals surface area contributed by atoms with Crippen LogP contribution < -0.4 is 10.1 Å². The molecule has 1 amide bonds. The summed E-state index contributed by atoms with van der Waals surface area (Å²) in [7, 11) is 1.28. The van der Waals surface area contributed by atoms with Gasteiger partial charge in [0.2, 0.25) is 0 Å². The highest BCUT2D eigenvalue weighted by Gasteiger charge is 2.25. The van der Waals surface area contributed by atoms with Crippen LogP contribution >= 0.6 is 34.8 Å². The van der Waals surface area contributed by atoms with Gasteiger partial charge in [0, 0.05) is 18.2 Å². The Morgan fingerprint density at radius 1 is 1.24 bits per heavy atom. The standard InChI is InChI=1S/C17H20Cl3NO4/c1-5-13(25-10-8-11(18)15(20)12(19)9-10)16(23)21-17(2,3)7-6-14(22)24-4/h6-9,13H,5H2,1-4H3,(H,21,23)/b7-6+. The SMILES string of the molecule is CCC(Oc1cc(Cl)c(Cl)c(Cl)c1)C(=O)NC(C)(C)/C=C/C(=O)OC. The Bertz CT molecular complexity index is 651. The summed E-state index contributed by atoms with van der Waals surface area (Å²) in [5.41, 5.74) is -0.767. The first-order valence-corrected chi connectivity index (χ1v) is 8.63. The van der Waals surface area contributed by atoms with Gasteiger partial charge in [0.25, 0.3) is 5.91 Å². The predicted octanol–water partition coefficient (Wildman–Crippen LogP) is 4.43. The Morgan fingerprint density at radius 3 is 2.28 bits per heavy atom. The molecule has 0 aromatic heterocycles. The summed E-state index contributed by atoms with van der Waals surface area (Å²) in [5, 5.41) is 3.50. The van der Waals surface area contributed by atoms with Crippen LogP contribution in [0.1, 0.15) is 27.2 Å². The first-order chi connectivity index (χ1) is 11.6. The topological polar surface area (TPSA) is 64.6 Å². The van der Waals surface area contributed by atoms with E-state index in [0.29, 0.717) is 12.2 Å². The van der Waals surface area contributed by atoms with Crippen molar-refractivity contribution in [2.24, 2.45) is 0 Å². The minimum atomic E-state index is -0.767. The van der Waals surface area contributed by atoms with Crippen LogP contribution in [0, 0.1) is 0 Å². The molecular weight excluding hydrogens is 389 g/mol. The number of ether oxygens (including phenoxy) is 2. The summed E-state index contributed by atoms with van der Waals surface area (Å²) < 4.78 is 10.2. The number of benzene rings is 1. The predicted molar refractivity (Wildman–Crippen MR) is 99.6 cm³/mol. The van der Waals surface area contributed by atoms with Crippen molar-refractivity contribution in [3.63, 3.8) is 0 Å². The van der Waals surface area contributed by atoms with Gasteiger partial charge in [0.05, 0.1) is 27.7 Å². The molecule has 0 saturated carbocycles. The molecule has 0 aliphatic rings. The van der Waals surface area contributed by atoms with Crippen molar-refractivity contribution in [1.29, 1.82) is 0 Å². The molecule has 5 nitrogen and oxygen atoms in total. The lowest BCUT2D eigenvalue weighted by Crippen LogP contribution is -2.48. The normalized spacial score (nSPS) is 12.8. The molecule has 0 radical (unpaired) electrons. The van der Waals surface area contributed by atoms with Crippen LogP contribution in [0.3, 0.4) is 0 Å². The average Bonchev–Trinajstić information content (AvgIpc) is 2.54. The molecule has 8 heteroatoms. The number of esters is 1. The second-order valence-electron chi connectivity index (χ2n) is 5.78. The minimum Gasteiger partial charge on any atom is -0.481 e. The van der Waals surface area contributed by atoms with Crippen molar-refractivity contribution >= 4 is 46.7 Å². The van der Waals surface area contributed by atoms with Crippen LogP contribution in [0.4, 0.5) is 0 Å². The van der Waals surface area contributed by atoms with E-state index in [9.17, 15) is 9.59 Å². The van der Waals surface area contributed by atoms with Gasteiger partial charge in [0.1, 0.15) is 5.75 Å². The third-order valence-electron chi connectivity index (χ3n) is 3.18. The fourth-order valence-corrected chi connectivity index (χ4v) is 2.45. The average molecular weight is 409 g/mol. The molecule has 0 saturated heterocycles. The van der Waals surface area contributed by atoms with E-state index in [1.54, 1.807) is 26.8 Å². The molecule has 1 rings (SSSR count). The van der Waals surface area contributed by atoms with Gasteiger partial charge in [-0.2, -0.15) is 0 Å². The Balaban J connectivity index is 2.84.